The number of fused-ring (bicyclic) bond motifs is 12. The summed E-state index contributed by atoms with van der Waals surface area (Å²) in [5.41, 5.74) is 24.9. The van der Waals surface area contributed by atoms with Gasteiger partial charge in [-0.05, 0) is 139 Å². The normalized spacial score (nSPS) is 11.8. The first-order valence-electron chi connectivity index (χ1n) is 34.1. The second kappa shape index (κ2) is 23.1. The SMILES string of the molecule is c1ccc(-c2cc(-c3ccccc3)nc(-c3c(-c4ccc5c(c4)c4ccccc4n5-c4ccccc4)c(-c4ccc5c(c4)c4ccccc4n5-c4ccccc4)nc(-c4ccc5c(c4)c4ccccc4n5-c4ccccc4)c3-c3ccc4c(c3)c3ccccc3n4-c3ccccc3)n2)cc1. The molecule has 7 heteroatoms. The average molecular weight is 1270 g/mol. The van der Waals surface area contributed by atoms with Crippen LogP contribution in [0, 0.1) is 0 Å². The van der Waals surface area contributed by atoms with Crippen LogP contribution < -0.4 is 0 Å². The molecule has 466 valence electrons. The van der Waals surface area contributed by atoms with E-state index in [1.165, 1.54) is 0 Å². The Labute approximate surface area is 576 Å². The van der Waals surface area contributed by atoms with Gasteiger partial charge in [-0.25, -0.2) is 15.0 Å². The van der Waals surface area contributed by atoms with E-state index in [1.54, 1.807) is 0 Å². The van der Waals surface area contributed by atoms with Crippen molar-refractivity contribution in [1.82, 2.24) is 33.2 Å². The molecule has 0 spiro atoms. The summed E-state index contributed by atoms with van der Waals surface area (Å²) >= 11 is 0. The molecule has 0 unspecified atom stereocenters. The van der Waals surface area contributed by atoms with Crippen LogP contribution in [0.2, 0.25) is 0 Å². The van der Waals surface area contributed by atoms with Crippen molar-refractivity contribution < 1.29 is 0 Å². The Morgan fingerprint density at radius 2 is 0.420 bits per heavy atom. The smallest absolute Gasteiger partial charge is 0.161 e. The first-order valence-corrected chi connectivity index (χ1v) is 34.1. The highest BCUT2D eigenvalue weighted by molar-refractivity contribution is 6.17. The van der Waals surface area contributed by atoms with E-state index in [0.717, 1.165) is 183 Å². The first-order chi connectivity index (χ1) is 49.6. The van der Waals surface area contributed by atoms with Crippen LogP contribution in [-0.4, -0.2) is 33.2 Å². The maximum absolute atomic E-state index is 6.43. The highest BCUT2D eigenvalue weighted by atomic mass is 15.0. The van der Waals surface area contributed by atoms with Crippen molar-refractivity contribution in [3.63, 3.8) is 0 Å². The molecule has 0 saturated heterocycles. The van der Waals surface area contributed by atoms with Crippen LogP contribution >= 0.6 is 0 Å². The van der Waals surface area contributed by atoms with Crippen LogP contribution in [-0.2, 0) is 0 Å². The minimum absolute atomic E-state index is 0.567. The summed E-state index contributed by atoms with van der Waals surface area (Å²) in [6.07, 6.45) is 0. The predicted molar refractivity (Wildman–Crippen MR) is 415 cm³/mol. The molecule has 0 bridgehead atoms. The second-order valence-corrected chi connectivity index (χ2v) is 25.8. The van der Waals surface area contributed by atoms with Crippen LogP contribution in [0.1, 0.15) is 0 Å². The van der Waals surface area contributed by atoms with Crippen LogP contribution in [0.4, 0.5) is 0 Å². The molecule has 0 aliphatic carbocycles. The van der Waals surface area contributed by atoms with Crippen LogP contribution in [0.5, 0.6) is 0 Å². The molecule has 0 atom stereocenters. The molecule has 0 aliphatic rings. The summed E-state index contributed by atoms with van der Waals surface area (Å²) in [5.74, 6) is 0.567. The zero-order valence-electron chi connectivity index (χ0n) is 54.2. The number of nitrogens with zero attached hydrogens (tertiary/aromatic N) is 7. The standard InChI is InChI=1S/C93H59N7/c1-7-27-60(28-8-1)78-59-79(61-29-9-2-10-30-61)95-93(94-78)90-88(62-47-51-84-74(55-62)70-39-19-23-43-80(70)97(84)66-31-11-3-12-32-66)91(64-49-53-86-76(57-64)72-41-21-25-45-82(72)99(86)68-35-15-5-16-36-68)96-92(65-50-54-87-77(58-65)73-42-22-26-46-83(73)100(87)69-37-17-6-18-38-69)89(90)63-48-52-85-75(56-63)71-40-20-24-44-81(71)98(85)67-33-13-4-14-34-67/h1-59H. The van der Waals surface area contributed by atoms with Gasteiger partial charge in [0.1, 0.15) is 0 Å². The molecule has 14 aromatic carbocycles. The van der Waals surface area contributed by atoms with Crippen LogP contribution in [0.3, 0.4) is 0 Å². The number of hydrogen-bond donors (Lipinski definition) is 0. The quantitative estimate of drug-likeness (QED) is 0.130. The van der Waals surface area contributed by atoms with Gasteiger partial charge in [0.25, 0.3) is 0 Å². The maximum Gasteiger partial charge on any atom is 0.161 e. The number of pyridine rings is 1. The molecule has 100 heavy (non-hydrogen) atoms. The number of benzene rings is 14. The van der Waals surface area contributed by atoms with E-state index in [0.29, 0.717) is 5.82 Å². The van der Waals surface area contributed by atoms with Gasteiger partial charge in [-0.15, -0.1) is 0 Å². The molecule has 0 aliphatic heterocycles. The minimum atomic E-state index is 0.567. The van der Waals surface area contributed by atoms with Crippen molar-refractivity contribution in [3.05, 3.63) is 358 Å². The number of hydrogen-bond acceptors (Lipinski definition) is 3. The summed E-state index contributed by atoms with van der Waals surface area (Å²) < 4.78 is 9.56. The van der Waals surface area contributed by atoms with Gasteiger partial charge in [-0.2, -0.15) is 0 Å². The molecular formula is C93H59N7. The third kappa shape index (κ3) is 9.10. The predicted octanol–water partition coefficient (Wildman–Crippen LogP) is 23.9. The van der Waals surface area contributed by atoms with Crippen molar-refractivity contribution in [2.45, 2.75) is 0 Å². The van der Waals surface area contributed by atoms with E-state index in [-0.39, 0.29) is 0 Å². The summed E-state index contributed by atoms with van der Waals surface area (Å²) in [7, 11) is 0. The van der Waals surface area contributed by atoms with E-state index in [9.17, 15) is 0 Å². The number of aromatic nitrogens is 7. The van der Waals surface area contributed by atoms with E-state index >= 15 is 0 Å². The Bertz CT molecular complexity index is 6210. The van der Waals surface area contributed by atoms with Crippen molar-refractivity contribution in [1.29, 1.82) is 0 Å². The fourth-order valence-electron chi connectivity index (χ4n) is 15.8. The fourth-order valence-corrected chi connectivity index (χ4v) is 15.8. The molecule has 0 radical (unpaired) electrons. The second-order valence-electron chi connectivity index (χ2n) is 25.8. The largest absolute Gasteiger partial charge is 0.309 e. The van der Waals surface area contributed by atoms with Gasteiger partial charge in [0, 0.05) is 105 Å². The summed E-state index contributed by atoms with van der Waals surface area (Å²) in [6, 6.07) is 129. The van der Waals surface area contributed by atoms with Gasteiger partial charge in [0.05, 0.1) is 66.9 Å². The zero-order chi connectivity index (χ0) is 65.8. The lowest BCUT2D eigenvalue weighted by Gasteiger charge is -2.23. The minimum Gasteiger partial charge on any atom is -0.309 e. The topological polar surface area (TPSA) is 58.4 Å². The highest BCUT2D eigenvalue weighted by Gasteiger charge is 2.31. The van der Waals surface area contributed by atoms with Crippen molar-refractivity contribution in [2.75, 3.05) is 0 Å². The lowest BCUT2D eigenvalue weighted by Crippen LogP contribution is -2.05. The van der Waals surface area contributed by atoms with Gasteiger partial charge >= 0.3 is 0 Å². The van der Waals surface area contributed by atoms with E-state index in [1.807, 2.05) is 0 Å². The Morgan fingerprint density at radius 1 is 0.170 bits per heavy atom. The average Bonchev–Trinajstić information content (AvgIpc) is 1.24. The lowest BCUT2D eigenvalue weighted by atomic mass is 9.84. The Kier molecular flexibility index (Phi) is 13.1. The third-order valence-corrected chi connectivity index (χ3v) is 20.2. The Morgan fingerprint density at radius 3 is 0.730 bits per heavy atom. The number of para-hydroxylation sites is 8. The molecule has 7 nitrogen and oxygen atoms in total. The molecule has 6 aromatic heterocycles. The molecule has 0 saturated carbocycles. The first kappa shape index (κ1) is 56.8. The molecule has 0 amide bonds. The third-order valence-electron chi connectivity index (χ3n) is 20.2. The summed E-state index contributed by atoms with van der Waals surface area (Å²) in [5, 5.41) is 9.02. The monoisotopic (exact) mass is 1270 g/mol. The number of rotatable bonds is 11. The molecule has 0 N–H and O–H groups in total. The highest BCUT2D eigenvalue weighted by Crippen LogP contribution is 2.52. The lowest BCUT2D eigenvalue weighted by molar-refractivity contribution is 1.17. The van der Waals surface area contributed by atoms with Crippen molar-refractivity contribution >= 4 is 87.2 Å². The van der Waals surface area contributed by atoms with E-state index in [4.69, 9.17) is 15.0 Å². The summed E-state index contributed by atoms with van der Waals surface area (Å²) in [6.45, 7) is 0. The van der Waals surface area contributed by atoms with Crippen molar-refractivity contribution in [2.24, 2.45) is 0 Å². The molecule has 20 aromatic rings. The van der Waals surface area contributed by atoms with Gasteiger partial charge in [0.15, 0.2) is 5.82 Å². The van der Waals surface area contributed by atoms with Crippen LogP contribution in [0.15, 0.2) is 358 Å². The van der Waals surface area contributed by atoms with Crippen molar-refractivity contribution in [3.8, 4) is 101 Å². The zero-order valence-corrected chi connectivity index (χ0v) is 54.2. The van der Waals surface area contributed by atoms with Gasteiger partial charge in [-0.1, -0.05) is 231 Å². The van der Waals surface area contributed by atoms with Gasteiger partial charge < -0.3 is 18.3 Å². The fraction of sp³-hybridized carbons (Fsp3) is 0. The van der Waals surface area contributed by atoms with Gasteiger partial charge in [0.2, 0.25) is 0 Å². The molecule has 20 rings (SSSR count). The van der Waals surface area contributed by atoms with E-state index in [2.05, 4.69) is 376 Å². The molecule has 6 heterocycles. The Balaban J connectivity index is 0.990. The van der Waals surface area contributed by atoms with Gasteiger partial charge in [-0.3, -0.25) is 0 Å². The Hall–Kier alpha value is -13.5. The van der Waals surface area contributed by atoms with Crippen LogP contribution in [0.25, 0.3) is 189 Å². The maximum atomic E-state index is 6.43. The van der Waals surface area contributed by atoms with E-state index < -0.39 is 0 Å². The molecule has 0 fully saturated rings. The molecular weight excluding hydrogens is 1220 g/mol. The summed E-state index contributed by atoms with van der Waals surface area (Å²) in [4.78, 5) is 18.3.